The number of nitrogens with zero attached hydrogens (tertiary/aromatic N) is 4. The lowest BCUT2D eigenvalue weighted by atomic mass is 9.96. The van der Waals surface area contributed by atoms with Crippen LogP contribution in [0.5, 0.6) is 0 Å². The predicted molar refractivity (Wildman–Crippen MR) is 135 cm³/mol. The first-order valence-electron chi connectivity index (χ1n) is 11.6. The number of nitrogens with one attached hydrogen (secondary N) is 1. The zero-order valence-electron chi connectivity index (χ0n) is 20.2. The van der Waals surface area contributed by atoms with Crippen molar-refractivity contribution < 1.29 is 13.2 Å². The van der Waals surface area contributed by atoms with Crippen molar-refractivity contribution in [2.75, 3.05) is 5.32 Å². The Morgan fingerprint density at radius 1 is 1.17 bits per heavy atom. The van der Waals surface area contributed by atoms with Crippen LogP contribution in [0.1, 0.15) is 51.4 Å². The highest BCUT2D eigenvalue weighted by atomic mass is 19.4. The summed E-state index contributed by atoms with van der Waals surface area (Å²) in [4.78, 5) is 3.64. The van der Waals surface area contributed by atoms with Crippen LogP contribution < -0.4 is 11.1 Å². The van der Waals surface area contributed by atoms with E-state index in [1.807, 2.05) is 44.3 Å². The molecule has 3 N–H and O–H groups in total. The molecule has 6 nitrogen and oxygen atoms in total. The van der Waals surface area contributed by atoms with Crippen LogP contribution in [-0.4, -0.2) is 25.0 Å². The molecule has 35 heavy (non-hydrogen) atoms. The summed E-state index contributed by atoms with van der Waals surface area (Å²) >= 11 is 0. The SMILES string of the molecule is C=C(N)c1cc2ccccn2n1.CC.CC1=CCC(Nc2cccc3nc(C(F)(F)F)cn23)CC1. The summed E-state index contributed by atoms with van der Waals surface area (Å²) in [6, 6.07) is 13.1. The van der Waals surface area contributed by atoms with Gasteiger partial charge in [-0.3, -0.25) is 4.40 Å². The second-order valence-corrected chi connectivity index (χ2v) is 8.05. The molecule has 1 atom stereocenters. The van der Waals surface area contributed by atoms with Crippen molar-refractivity contribution in [3.8, 4) is 0 Å². The zero-order valence-corrected chi connectivity index (χ0v) is 20.2. The molecule has 0 spiro atoms. The molecule has 0 bridgehead atoms. The van der Waals surface area contributed by atoms with E-state index in [9.17, 15) is 13.2 Å². The van der Waals surface area contributed by atoms with E-state index in [4.69, 9.17) is 5.73 Å². The lowest BCUT2D eigenvalue weighted by Crippen LogP contribution is -2.22. The summed E-state index contributed by atoms with van der Waals surface area (Å²) in [6.45, 7) is 9.72. The Morgan fingerprint density at radius 3 is 2.57 bits per heavy atom. The summed E-state index contributed by atoms with van der Waals surface area (Å²) in [7, 11) is 0. The molecule has 0 fully saturated rings. The first-order chi connectivity index (χ1) is 16.7. The van der Waals surface area contributed by atoms with Crippen molar-refractivity contribution in [1.29, 1.82) is 0 Å². The molecule has 4 heterocycles. The fraction of sp³-hybridized carbons (Fsp3) is 0.308. The van der Waals surface area contributed by atoms with Gasteiger partial charge in [0, 0.05) is 18.4 Å². The number of nitrogens with two attached hydrogens (primary N) is 1. The van der Waals surface area contributed by atoms with E-state index in [-0.39, 0.29) is 6.04 Å². The molecule has 4 aromatic rings. The number of anilines is 1. The zero-order chi connectivity index (χ0) is 25.6. The molecular weight excluding hydrogens is 453 g/mol. The van der Waals surface area contributed by atoms with E-state index in [0.717, 1.165) is 36.7 Å². The monoisotopic (exact) mass is 484 g/mol. The highest BCUT2D eigenvalue weighted by Gasteiger charge is 2.34. The predicted octanol–water partition coefficient (Wildman–Crippen LogP) is 6.55. The highest BCUT2D eigenvalue weighted by molar-refractivity contribution is 5.62. The molecule has 9 heteroatoms. The van der Waals surface area contributed by atoms with Crippen molar-refractivity contribution in [1.82, 2.24) is 19.0 Å². The molecule has 0 aliphatic heterocycles. The Hall–Kier alpha value is -3.75. The maximum Gasteiger partial charge on any atom is 0.434 e. The smallest absolute Gasteiger partial charge is 0.397 e. The second kappa shape index (κ2) is 11.1. The summed E-state index contributed by atoms with van der Waals surface area (Å²) < 4.78 is 41.5. The third kappa shape index (κ3) is 6.44. The molecule has 1 aliphatic carbocycles. The minimum Gasteiger partial charge on any atom is -0.397 e. The summed E-state index contributed by atoms with van der Waals surface area (Å²) in [5.74, 6) is 0.647. The number of alkyl halides is 3. The minimum absolute atomic E-state index is 0.246. The molecule has 0 saturated carbocycles. The van der Waals surface area contributed by atoms with Gasteiger partial charge in [-0.25, -0.2) is 9.50 Å². The Labute approximate surface area is 203 Å². The van der Waals surface area contributed by atoms with Crippen molar-refractivity contribution in [2.45, 2.75) is 52.3 Å². The summed E-state index contributed by atoms with van der Waals surface area (Å²) in [6.07, 6.45) is 3.57. The van der Waals surface area contributed by atoms with Crippen LogP contribution in [0, 0.1) is 0 Å². The summed E-state index contributed by atoms with van der Waals surface area (Å²) in [5, 5.41) is 7.52. The molecule has 0 amide bonds. The van der Waals surface area contributed by atoms with Gasteiger partial charge < -0.3 is 11.1 Å². The van der Waals surface area contributed by atoms with Crippen LogP contribution in [0.4, 0.5) is 19.0 Å². The van der Waals surface area contributed by atoms with Gasteiger partial charge in [0.05, 0.1) is 11.2 Å². The first kappa shape index (κ1) is 25.9. The molecule has 0 saturated heterocycles. The van der Waals surface area contributed by atoms with Gasteiger partial charge in [0.1, 0.15) is 17.2 Å². The highest BCUT2D eigenvalue weighted by Crippen LogP contribution is 2.30. The van der Waals surface area contributed by atoms with E-state index in [1.54, 1.807) is 22.7 Å². The van der Waals surface area contributed by atoms with Crippen molar-refractivity contribution in [2.24, 2.45) is 5.73 Å². The maximum absolute atomic E-state index is 12.8. The Bertz CT molecular complexity index is 1280. The van der Waals surface area contributed by atoms with E-state index in [2.05, 4.69) is 35.0 Å². The lowest BCUT2D eigenvalue weighted by molar-refractivity contribution is -0.140. The topological polar surface area (TPSA) is 72.7 Å². The number of fused-ring (bicyclic) bond motifs is 2. The number of halogens is 3. The molecular formula is C26H31F3N6. The fourth-order valence-corrected chi connectivity index (χ4v) is 3.67. The van der Waals surface area contributed by atoms with Crippen LogP contribution >= 0.6 is 0 Å². The van der Waals surface area contributed by atoms with Gasteiger partial charge >= 0.3 is 6.18 Å². The quantitative estimate of drug-likeness (QED) is 0.323. The number of hydrogen-bond acceptors (Lipinski definition) is 4. The number of imidazole rings is 1. The van der Waals surface area contributed by atoms with Gasteiger partial charge in [-0.15, -0.1) is 0 Å². The molecule has 1 aliphatic rings. The van der Waals surface area contributed by atoms with E-state index in [0.29, 0.717) is 17.2 Å². The summed E-state index contributed by atoms with van der Waals surface area (Å²) in [5.41, 5.74) is 8.58. The van der Waals surface area contributed by atoms with Gasteiger partial charge in [-0.2, -0.15) is 18.3 Å². The Kier molecular flexibility index (Phi) is 8.22. The van der Waals surface area contributed by atoms with Crippen molar-refractivity contribution >= 4 is 22.7 Å². The van der Waals surface area contributed by atoms with Crippen molar-refractivity contribution in [3.05, 3.63) is 84.5 Å². The van der Waals surface area contributed by atoms with E-state index < -0.39 is 11.9 Å². The van der Waals surface area contributed by atoms with Gasteiger partial charge in [-0.05, 0) is 56.5 Å². The average molecular weight is 485 g/mol. The number of aromatic nitrogens is 4. The number of allylic oxidation sites excluding steroid dienone is 1. The lowest BCUT2D eigenvalue weighted by Gasteiger charge is -2.23. The van der Waals surface area contributed by atoms with Crippen LogP contribution in [0.2, 0.25) is 0 Å². The van der Waals surface area contributed by atoms with Crippen LogP contribution in [0.15, 0.2) is 73.1 Å². The van der Waals surface area contributed by atoms with Gasteiger partial charge in [0.15, 0.2) is 5.69 Å². The maximum atomic E-state index is 12.8. The molecule has 1 unspecified atom stereocenters. The fourth-order valence-electron chi connectivity index (χ4n) is 3.67. The first-order valence-corrected chi connectivity index (χ1v) is 11.6. The van der Waals surface area contributed by atoms with Gasteiger partial charge in [-0.1, -0.05) is 44.2 Å². The van der Waals surface area contributed by atoms with Crippen LogP contribution in [-0.2, 0) is 6.18 Å². The van der Waals surface area contributed by atoms with E-state index >= 15 is 0 Å². The molecule has 0 radical (unpaired) electrons. The Morgan fingerprint density at radius 2 is 1.94 bits per heavy atom. The largest absolute Gasteiger partial charge is 0.434 e. The number of rotatable bonds is 3. The Balaban J connectivity index is 0.000000207. The number of hydrogen-bond donors (Lipinski definition) is 2. The third-order valence-electron chi connectivity index (χ3n) is 5.47. The molecule has 5 rings (SSSR count). The van der Waals surface area contributed by atoms with Gasteiger partial charge in [0.2, 0.25) is 0 Å². The van der Waals surface area contributed by atoms with Crippen LogP contribution in [0.3, 0.4) is 0 Å². The van der Waals surface area contributed by atoms with Crippen LogP contribution in [0.25, 0.3) is 16.9 Å². The normalized spacial score (nSPS) is 15.5. The standard InChI is InChI=1S/C15H16F3N3.C9H9N3.C2H6/c1-10-5-7-11(8-6-10)19-13-3-2-4-14-20-12(9-21(13)14)15(16,17)18;1-7(10)9-6-8-4-2-3-5-12(8)11-9;1-2/h2-5,9,11,19H,6-8H2,1H3;2-6H,1,10H2;1-2H3. The molecule has 4 aromatic heterocycles. The van der Waals surface area contributed by atoms with Crippen molar-refractivity contribution in [3.63, 3.8) is 0 Å². The third-order valence-corrected chi connectivity index (χ3v) is 5.47. The second-order valence-electron chi connectivity index (χ2n) is 8.05. The number of pyridine rings is 2. The minimum atomic E-state index is -4.42. The average Bonchev–Trinajstić information content (AvgIpc) is 3.48. The van der Waals surface area contributed by atoms with E-state index in [1.165, 1.54) is 9.97 Å². The van der Waals surface area contributed by atoms with Gasteiger partial charge in [0.25, 0.3) is 0 Å². The molecule has 186 valence electrons. The molecule has 0 aromatic carbocycles.